The number of aromatic nitrogens is 2. The van der Waals surface area contributed by atoms with Gasteiger partial charge < -0.3 is 19.5 Å². The molecule has 0 bridgehead atoms. The molecule has 170 valence electrons. The van der Waals surface area contributed by atoms with E-state index in [0.717, 1.165) is 55.7 Å². The molecule has 0 unspecified atom stereocenters. The number of methoxy groups -OCH3 is 1. The van der Waals surface area contributed by atoms with Crippen LogP contribution in [0.5, 0.6) is 5.75 Å². The minimum absolute atomic E-state index is 0.0428. The first-order valence-corrected chi connectivity index (χ1v) is 10.9. The third-order valence-electron chi connectivity index (χ3n) is 5.34. The van der Waals surface area contributed by atoms with Gasteiger partial charge >= 0.3 is 0 Å². The second kappa shape index (κ2) is 10.9. The van der Waals surface area contributed by atoms with E-state index >= 15 is 0 Å². The predicted octanol–water partition coefficient (Wildman–Crippen LogP) is 4.41. The van der Waals surface area contributed by atoms with E-state index in [-0.39, 0.29) is 5.02 Å². The first-order valence-electron chi connectivity index (χ1n) is 10.6. The molecule has 0 radical (unpaired) electrons. The summed E-state index contributed by atoms with van der Waals surface area (Å²) in [6.07, 6.45) is 2.42. The molecule has 1 N–H and O–H groups in total. The van der Waals surface area contributed by atoms with Gasteiger partial charge in [-0.2, -0.15) is 0 Å². The summed E-state index contributed by atoms with van der Waals surface area (Å²) in [5.74, 6) is 0.830. The van der Waals surface area contributed by atoms with Crippen LogP contribution in [0.3, 0.4) is 0 Å². The van der Waals surface area contributed by atoms with E-state index in [1.807, 2.05) is 12.1 Å². The highest BCUT2D eigenvalue weighted by Crippen LogP contribution is 2.31. The van der Waals surface area contributed by atoms with Crippen LogP contribution in [0, 0.1) is 5.82 Å². The van der Waals surface area contributed by atoms with Crippen molar-refractivity contribution in [2.24, 2.45) is 0 Å². The lowest BCUT2D eigenvalue weighted by atomic mass is 10.1. The van der Waals surface area contributed by atoms with Crippen molar-refractivity contribution in [3.05, 3.63) is 53.1 Å². The second-order valence-electron chi connectivity index (χ2n) is 7.52. The molecule has 3 aromatic rings. The molecular formula is C23H26ClFN4O3. The lowest BCUT2D eigenvalue weighted by Gasteiger charge is -2.26. The molecule has 1 saturated heterocycles. The summed E-state index contributed by atoms with van der Waals surface area (Å²) in [5.41, 5.74) is 2.26. The van der Waals surface area contributed by atoms with Gasteiger partial charge in [-0.1, -0.05) is 11.6 Å². The molecule has 1 aliphatic heterocycles. The van der Waals surface area contributed by atoms with Gasteiger partial charge in [0.15, 0.2) is 0 Å². The third kappa shape index (κ3) is 5.63. The molecule has 0 aliphatic carbocycles. The van der Waals surface area contributed by atoms with Gasteiger partial charge in [0.05, 0.1) is 37.5 Å². The first kappa shape index (κ1) is 22.7. The fourth-order valence-corrected chi connectivity index (χ4v) is 3.82. The molecule has 0 atom stereocenters. The van der Waals surface area contributed by atoms with Crippen LogP contribution < -0.4 is 10.1 Å². The summed E-state index contributed by atoms with van der Waals surface area (Å²) in [6, 6.07) is 8.27. The molecule has 7 nitrogen and oxygen atoms in total. The number of ether oxygens (including phenoxy) is 3. The third-order valence-corrected chi connectivity index (χ3v) is 5.63. The van der Waals surface area contributed by atoms with Crippen molar-refractivity contribution in [2.45, 2.75) is 13.0 Å². The van der Waals surface area contributed by atoms with Gasteiger partial charge in [-0.15, -0.1) is 0 Å². The van der Waals surface area contributed by atoms with Crippen LogP contribution >= 0.6 is 11.6 Å². The Bertz CT molecular complexity index is 1060. The van der Waals surface area contributed by atoms with Gasteiger partial charge in [-0.05, 0) is 30.7 Å². The standard InChI is InChI=1S/C23H26ClFN4O3/c1-30-22-13-21-18(11-16(22)14-32-8-2-5-29-6-9-31-10-7-29)23(27-15-26-21)28-17-3-4-20(25)19(24)12-17/h3-4,11-13,15H,2,5-10,14H2,1H3,(H,26,27,28). The number of nitrogens with zero attached hydrogens (tertiary/aromatic N) is 3. The van der Waals surface area contributed by atoms with Crippen LogP contribution in [-0.2, 0) is 16.1 Å². The van der Waals surface area contributed by atoms with Crippen LogP contribution in [0.2, 0.25) is 5.02 Å². The molecule has 32 heavy (non-hydrogen) atoms. The molecule has 4 rings (SSSR count). The predicted molar refractivity (Wildman–Crippen MR) is 122 cm³/mol. The molecule has 2 aromatic carbocycles. The van der Waals surface area contributed by atoms with E-state index in [1.165, 1.54) is 18.5 Å². The van der Waals surface area contributed by atoms with Crippen molar-refractivity contribution in [2.75, 3.05) is 51.9 Å². The molecule has 0 spiro atoms. The average molecular weight is 461 g/mol. The maximum Gasteiger partial charge on any atom is 0.141 e. The molecule has 1 aromatic heterocycles. The average Bonchev–Trinajstić information content (AvgIpc) is 2.81. The fraction of sp³-hybridized carbons (Fsp3) is 0.391. The number of benzene rings is 2. The molecule has 1 aliphatic rings. The van der Waals surface area contributed by atoms with E-state index in [9.17, 15) is 4.39 Å². The van der Waals surface area contributed by atoms with Crippen LogP contribution in [-0.4, -0.2) is 61.4 Å². The van der Waals surface area contributed by atoms with Crippen LogP contribution in [0.25, 0.3) is 10.9 Å². The Kier molecular flexibility index (Phi) is 7.70. The SMILES string of the molecule is COc1cc2ncnc(Nc3ccc(F)c(Cl)c3)c2cc1COCCCN1CCOCC1. The zero-order chi connectivity index (χ0) is 22.3. The Morgan fingerprint density at radius 1 is 1.19 bits per heavy atom. The number of hydrogen-bond acceptors (Lipinski definition) is 7. The number of hydrogen-bond donors (Lipinski definition) is 1. The van der Waals surface area contributed by atoms with E-state index in [2.05, 4.69) is 20.2 Å². The topological polar surface area (TPSA) is 68.7 Å². The maximum absolute atomic E-state index is 13.5. The molecule has 2 heterocycles. The molecule has 0 saturated carbocycles. The van der Waals surface area contributed by atoms with E-state index in [4.69, 9.17) is 25.8 Å². The van der Waals surface area contributed by atoms with Gasteiger partial charge in [0.25, 0.3) is 0 Å². The zero-order valence-electron chi connectivity index (χ0n) is 17.9. The highest BCUT2D eigenvalue weighted by Gasteiger charge is 2.13. The van der Waals surface area contributed by atoms with Crippen molar-refractivity contribution in [3.8, 4) is 5.75 Å². The number of nitrogens with one attached hydrogen (secondary N) is 1. The molecule has 1 fully saturated rings. The molecular weight excluding hydrogens is 435 g/mol. The molecule has 9 heteroatoms. The van der Waals surface area contributed by atoms with Crippen molar-refractivity contribution in [1.82, 2.24) is 14.9 Å². The summed E-state index contributed by atoms with van der Waals surface area (Å²) >= 11 is 5.91. The van der Waals surface area contributed by atoms with Crippen molar-refractivity contribution < 1.29 is 18.6 Å². The first-order chi connectivity index (χ1) is 15.6. The number of anilines is 2. The van der Waals surface area contributed by atoms with Crippen LogP contribution in [0.15, 0.2) is 36.7 Å². The minimum atomic E-state index is -0.470. The van der Waals surface area contributed by atoms with Crippen molar-refractivity contribution >= 4 is 34.0 Å². The van der Waals surface area contributed by atoms with Gasteiger partial charge in [0.1, 0.15) is 23.7 Å². The summed E-state index contributed by atoms with van der Waals surface area (Å²) in [6.45, 7) is 5.64. The number of fused-ring (bicyclic) bond motifs is 1. The number of halogens is 2. The summed E-state index contributed by atoms with van der Waals surface area (Å²) in [5, 5.41) is 4.04. The Balaban J connectivity index is 1.45. The monoisotopic (exact) mass is 460 g/mol. The van der Waals surface area contributed by atoms with Crippen molar-refractivity contribution in [3.63, 3.8) is 0 Å². The summed E-state index contributed by atoms with van der Waals surface area (Å²) < 4.78 is 30.3. The smallest absolute Gasteiger partial charge is 0.141 e. The second-order valence-corrected chi connectivity index (χ2v) is 7.92. The lowest BCUT2D eigenvalue weighted by molar-refractivity contribution is 0.0309. The lowest BCUT2D eigenvalue weighted by Crippen LogP contribution is -2.37. The number of morpholine rings is 1. The van der Waals surface area contributed by atoms with Gasteiger partial charge in [-0.25, -0.2) is 14.4 Å². The van der Waals surface area contributed by atoms with Crippen molar-refractivity contribution in [1.29, 1.82) is 0 Å². The van der Waals surface area contributed by atoms with Crippen LogP contribution in [0.1, 0.15) is 12.0 Å². The van der Waals surface area contributed by atoms with E-state index in [0.29, 0.717) is 30.5 Å². The Morgan fingerprint density at radius 3 is 2.81 bits per heavy atom. The zero-order valence-corrected chi connectivity index (χ0v) is 18.7. The van der Waals surface area contributed by atoms with E-state index in [1.54, 1.807) is 13.2 Å². The Labute approximate surface area is 191 Å². The van der Waals surface area contributed by atoms with Crippen LogP contribution in [0.4, 0.5) is 15.9 Å². The van der Waals surface area contributed by atoms with Gasteiger partial charge in [-0.3, -0.25) is 4.90 Å². The maximum atomic E-state index is 13.5. The quantitative estimate of drug-likeness (QED) is 0.474. The highest BCUT2D eigenvalue weighted by atomic mass is 35.5. The Morgan fingerprint density at radius 2 is 2.03 bits per heavy atom. The Hall–Kier alpha value is -2.52. The molecule has 0 amide bonds. The van der Waals surface area contributed by atoms with Gasteiger partial charge in [0.2, 0.25) is 0 Å². The fourth-order valence-electron chi connectivity index (χ4n) is 3.64. The largest absolute Gasteiger partial charge is 0.496 e. The minimum Gasteiger partial charge on any atom is -0.496 e. The highest BCUT2D eigenvalue weighted by molar-refractivity contribution is 6.31. The number of rotatable bonds is 9. The normalized spacial score (nSPS) is 14.6. The summed E-state index contributed by atoms with van der Waals surface area (Å²) in [7, 11) is 1.63. The summed E-state index contributed by atoms with van der Waals surface area (Å²) in [4.78, 5) is 11.1. The van der Waals surface area contributed by atoms with Gasteiger partial charge in [0, 0.05) is 48.9 Å². The van der Waals surface area contributed by atoms with E-state index < -0.39 is 5.82 Å².